The molecule has 2 heterocycles. The number of aromatic nitrogens is 2. The first-order valence-electron chi connectivity index (χ1n) is 5.37. The van der Waals surface area contributed by atoms with Crippen molar-refractivity contribution >= 4 is 5.82 Å². The van der Waals surface area contributed by atoms with Crippen LogP contribution in [-0.4, -0.2) is 28.4 Å². The molecule has 1 saturated heterocycles. The second-order valence-corrected chi connectivity index (χ2v) is 4.12. The third kappa shape index (κ3) is 2.16. The van der Waals surface area contributed by atoms with E-state index in [-0.39, 0.29) is 18.8 Å². The van der Waals surface area contributed by atoms with Crippen LogP contribution in [0, 0.1) is 6.92 Å². The van der Waals surface area contributed by atoms with Crippen molar-refractivity contribution in [2.24, 2.45) is 5.73 Å². The van der Waals surface area contributed by atoms with Crippen LogP contribution in [0.5, 0.6) is 0 Å². The van der Waals surface area contributed by atoms with Gasteiger partial charge in [-0.2, -0.15) is 4.98 Å². The van der Waals surface area contributed by atoms with E-state index in [0.29, 0.717) is 5.56 Å². The van der Waals surface area contributed by atoms with Crippen LogP contribution in [-0.2, 0) is 4.74 Å². The molecule has 3 atom stereocenters. The molecule has 0 spiro atoms. The highest BCUT2D eigenvalue weighted by Gasteiger charge is 2.36. The van der Waals surface area contributed by atoms with Gasteiger partial charge in [-0.1, -0.05) is 0 Å². The van der Waals surface area contributed by atoms with E-state index in [1.165, 1.54) is 10.8 Å². The van der Waals surface area contributed by atoms with Crippen molar-refractivity contribution in [2.75, 3.05) is 12.3 Å². The zero-order valence-corrected chi connectivity index (χ0v) is 9.47. The van der Waals surface area contributed by atoms with Gasteiger partial charge < -0.3 is 16.2 Å². The first kappa shape index (κ1) is 12.0. The molecule has 0 aromatic carbocycles. The quantitative estimate of drug-likeness (QED) is 0.743. The second kappa shape index (κ2) is 4.42. The molecule has 0 aliphatic carbocycles. The summed E-state index contributed by atoms with van der Waals surface area (Å²) < 4.78 is 20.1. The Morgan fingerprint density at radius 2 is 2.41 bits per heavy atom. The number of hydrogen-bond donors (Lipinski definition) is 2. The monoisotopic (exact) mass is 242 g/mol. The maximum absolute atomic E-state index is 13.5. The Labute approximate surface area is 97.4 Å². The fourth-order valence-electron chi connectivity index (χ4n) is 1.85. The molecule has 7 heteroatoms. The Bertz CT molecular complexity index is 476. The Morgan fingerprint density at radius 1 is 1.71 bits per heavy atom. The van der Waals surface area contributed by atoms with E-state index in [0.717, 1.165) is 0 Å². The Kier molecular flexibility index (Phi) is 3.12. The zero-order valence-electron chi connectivity index (χ0n) is 9.47. The summed E-state index contributed by atoms with van der Waals surface area (Å²) in [6, 6.07) is 0. The normalized spacial score (nSPS) is 28.5. The number of anilines is 1. The molecule has 1 aromatic heterocycles. The third-order valence-electron chi connectivity index (χ3n) is 2.88. The summed E-state index contributed by atoms with van der Waals surface area (Å²) in [4.78, 5) is 15.3. The molecule has 0 unspecified atom stereocenters. The van der Waals surface area contributed by atoms with Crippen molar-refractivity contribution in [3.8, 4) is 0 Å². The summed E-state index contributed by atoms with van der Waals surface area (Å²) in [5.41, 5.74) is 11.0. The molecule has 94 valence electrons. The number of halogens is 1. The SMILES string of the molecule is Cc1cn([C@H]2C[C@H](F)[C@@H](CN)O2)c(=O)nc1N. The van der Waals surface area contributed by atoms with Crippen LogP contribution in [0.3, 0.4) is 0 Å². The molecule has 0 radical (unpaired) electrons. The molecule has 1 aromatic rings. The van der Waals surface area contributed by atoms with Crippen molar-refractivity contribution < 1.29 is 9.13 Å². The average Bonchev–Trinajstić information content (AvgIpc) is 2.65. The van der Waals surface area contributed by atoms with Gasteiger partial charge in [0.15, 0.2) is 0 Å². The lowest BCUT2D eigenvalue weighted by molar-refractivity contribution is -0.00536. The summed E-state index contributed by atoms with van der Waals surface area (Å²) in [5, 5.41) is 0. The lowest BCUT2D eigenvalue weighted by Gasteiger charge is -2.15. The number of rotatable bonds is 2. The summed E-state index contributed by atoms with van der Waals surface area (Å²) in [7, 11) is 0. The Balaban J connectivity index is 2.30. The van der Waals surface area contributed by atoms with E-state index < -0.39 is 24.2 Å². The van der Waals surface area contributed by atoms with Crippen molar-refractivity contribution in [1.82, 2.24) is 9.55 Å². The maximum atomic E-state index is 13.5. The highest BCUT2D eigenvalue weighted by Crippen LogP contribution is 2.29. The molecular weight excluding hydrogens is 227 g/mol. The van der Waals surface area contributed by atoms with Gasteiger partial charge in [0.05, 0.1) is 0 Å². The van der Waals surface area contributed by atoms with Gasteiger partial charge >= 0.3 is 5.69 Å². The Hall–Kier alpha value is -1.47. The van der Waals surface area contributed by atoms with E-state index in [1.54, 1.807) is 6.92 Å². The molecule has 1 aliphatic heterocycles. The minimum Gasteiger partial charge on any atom is -0.383 e. The highest BCUT2D eigenvalue weighted by atomic mass is 19.1. The summed E-state index contributed by atoms with van der Waals surface area (Å²) in [6.45, 7) is 1.81. The smallest absolute Gasteiger partial charge is 0.351 e. The summed E-state index contributed by atoms with van der Waals surface area (Å²) in [5.74, 6) is 0.177. The molecule has 17 heavy (non-hydrogen) atoms. The van der Waals surface area contributed by atoms with Crippen LogP contribution < -0.4 is 17.2 Å². The molecule has 0 bridgehead atoms. The number of hydrogen-bond acceptors (Lipinski definition) is 5. The lowest BCUT2D eigenvalue weighted by atomic mass is 10.2. The predicted octanol–water partition coefficient (Wildman–Crippen LogP) is -0.282. The van der Waals surface area contributed by atoms with Gasteiger partial charge in [0.25, 0.3) is 0 Å². The minimum atomic E-state index is -1.16. The summed E-state index contributed by atoms with van der Waals surface area (Å²) in [6.07, 6.45) is -0.842. The van der Waals surface area contributed by atoms with Crippen LogP contribution in [0.25, 0.3) is 0 Å². The van der Waals surface area contributed by atoms with E-state index in [1.807, 2.05) is 0 Å². The fraction of sp³-hybridized carbons (Fsp3) is 0.600. The molecule has 4 N–H and O–H groups in total. The van der Waals surface area contributed by atoms with E-state index in [9.17, 15) is 9.18 Å². The zero-order chi connectivity index (χ0) is 12.6. The molecular formula is C10H15FN4O2. The predicted molar refractivity (Wildman–Crippen MR) is 60.1 cm³/mol. The topological polar surface area (TPSA) is 96.2 Å². The van der Waals surface area contributed by atoms with Crippen LogP contribution in [0.2, 0.25) is 0 Å². The number of nitrogens with two attached hydrogens (primary N) is 2. The van der Waals surface area contributed by atoms with Crippen molar-refractivity contribution in [3.63, 3.8) is 0 Å². The van der Waals surface area contributed by atoms with Crippen molar-refractivity contribution in [1.29, 1.82) is 0 Å². The van der Waals surface area contributed by atoms with Crippen LogP contribution >= 0.6 is 0 Å². The van der Waals surface area contributed by atoms with Gasteiger partial charge in [-0.15, -0.1) is 0 Å². The summed E-state index contributed by atoms with van der Waals surface area (Å²) >= 11 is 0. The number of ether oxygens (including phenoxy) is 1. The molecule has 6 nitrogen and oxygen atoms in total. The van der Waals surface area contributed by atoms with Gasteiger partial charge in [-0.3, -0.25) is 4.57 Å². The standard InChI is InChI=1S/C10H15FN4O2/c1-5-4-15(10(16)14-9(5)13)8-2-6(11)7(3-12)17-8/h4,6-8H,2-3,12H2,1H3,(H2,13,14,16)/t6-,7+,8+/m0/s1. The van der Waals surface area contributed by atoms with Gasteiger partial charge in [0.2, 0.25) is 0 Å². The number of aryl methyl sites for hydroxylation is 1. The van der Waals surface area contributed by atoms with Gasteiger partial charge in [0, 0.05) is 24.7 Å². The number of nitrogen functional groups attached to an aromatic ring is 1. The van der Waals surface area contributed by atoms with Gasteiger partial charge in [-0.25, -0.2) is 9.18 Å². The lowest BCUT2D eigenvalue weighted by Crippen LogP contribution is -2.29. The Morgan fingerprint density at radius 3 is 3.00 bits per heavy atom. The molecule has 2 rings (SSSR count). The maximum Gasteiger partial charge on any atom is 0.351 e. The van der Waals surface area contributed by atoms with Crippen LogP contribution in [0.1, 0.15) is 18.2 Å². The van der Waals surface area contributed by atoms with E-state index in [4.69, 9.17) is 16.2 Å². The van der Waals surface area contributed by atoms with E-state index >= 15 is 0 Å². The van der Waals surface area contributed by atoms with Crippen LogP contribution in [0.15, 0.2) is 11.0 Å². The van der Waals surface area contributed by atoms with Crippen molar-refractivity contribution in [2.45, 2.75) is 31.8 Å². The molecule has 1 aliphatic rings. The molecule has 0 amide bonds. The molecule has 1 fully saturated rings. The average molecular weight is 242 g/mol. The second-order valence-electron chi connectivity index (χ2n) is 4.12. The van der Waals surface area contributed by atoms with Crippen LogP contribution in [0.4, 0.5) is 10.2 Å². The first-order chi connectivity index (χ1) is 8.02. The van der Waals surface area contributed by atoms with Crippen molar-refractivity contribution in [3.05, 3.63) is 22.2 Å². The first-order valence-corrected chi connectivity index (χ1v) is 5.37. The highest BCUT2D eigenvalue weighted by molar-refractivity contribution is 5.35. The van der Waals surface area contributed by atoms with E-state index in [2.05, 4.69) is 4.98 Å². The van der Waals surface area contributed by atoms with Gasteiger partial charge in [-0.05, 0) is 6.92 Å². The number of alkyl halides is 1. The third-order valence-corrected chi connectivity index (χ3v) is 2.88. The molecule has 0 saturated carbocycles. The minimum absolute atomic E-state index is 0.0911. The fourth-order valence-corrected chi connectivity index (χ4v) is 1.85. The largest absolute Gasteiger partial charge is 0.383 e. The number of nitrogens with zero attached hydrogens (tertiary/aromatic N) is 2. The van der Waals surface area contributed by atoms with Gasteiger partial charge in [0.1, 0.15) is 24.3 Å².